The van der Waals surface area contributed by atoms with E-state index < -0.39 is 9.84 Å². The van der Waals surface area contributed by atoms with Crippen molar-refractivity contribution in [3.8, 4) is 5.88 Å². The molecule has 0 bridgehead atoms. The zero-order chi connectivity index (χ0) is 15.6. The van der Waals surface area contributed by atoms with E-state index in [1.165, 1.54) is 6.07 Å². The summed E-state index contributed by atoms with van der Waals surface area (Å²) in [4.78, 5) is 4.54. The lowest BCUT2D eigenvalue weighted by Gasteiger charge is -2.08. The molecule has 0 amide bonds. The monoisotopic (exact) mass is 325 g/mol. The van der Waals surface area contributed by atoms with Crippen molar-refractivity contribution in [2.45, 2.75) is 18.2 Å². The number of pyridine rings is 1. The summed E-state index contributed by atoms with van der Waals surface area (Å²) in [5, 5.41) is 0.231. The predicted octanol–water partition coefficient (Wildman–Crippen LogP) is 3.05. The minimum absolute atomic E-state index is 0.141. The van der Waals surface area contributed by atoms with Gasteiger partial charge in [-0.1, -0.05) is 23.7 Å². The number of benzene rings is 1. The van der Waals surface area contributed by atoms with Crippen LogP contribution in [0.25, 0.3) is 0 Å². The zero-order valence-corrected chi connectivity index (χ0v) is 13.6. The molecule has 0 aliphatic heterocycles. The second-order valence-corrected chi connectivity index (χ2v) is 7.23. The number of ether oxygens (including phenoxy) is 1. The normalized spacial score (nSPS) is 11.4. The van der Waals surface area contributed by atoms with E-state index in [0.29, 0.717) is 12.3 Å². The molecule has 2 aromatic rings. The molecule has 1 heterocycles. The Kier molecular flexibility index (Phi) is 4.54. The van der Waals surface area contributed by atoms with Crippen molar-refractivity contribution in [1.82, 2.24) is 4.98 Å². The lowest BCUT2D eigenvalue weighted by atomic mass is 10.1. The van der Waals surface area contributed by atoms with Gasteiger partial charge in [-0.2, -0.15) is 0 Å². The van der Waals surface area contributed by atoms with Gasteiger partial charge in [0.2, 0.25) is 5.88 Å². The van der Waals surface area contributed by atoms with Crippen molar-refractivity contribution in [1.29, 1.82) is 0 Å². The highest BCUT2D eigenvalue weighted by Gasteiger charge is 2.13. The third-order valence-corrected chi connectivity index (χ3v) is 4.66. The Hall–Kier alpha value is -1.59. The van der Waals surface area contributed by atoms with E-state index in [0.717, 1.165) is 23.1 Å². The predicted molar refractivity (Wildman–Crippen MR) is 82.9 cm³/mol. The van der Waals surface area contributed by atoms with Gasteiger partial charge in [0.15, 0.2) is 9.84 Å². The molecule has 0 aliphatic rings. The van der Waals surface area contributed by atoms with Gasteiger partial charge in [0.05, 0.1) is 17.0 Å². The first-order valence-corrected chi connectivity index (χ1v) is 8.57. The van der Waals surface area contributed by atoms with Gasteiger partial charge in [0.25, 0.3) is 0 Å². The van der Waals surface area contributed by atoms with Gasteiger partial charge >= 0.3 is 0 Å². The minimum Gasteiger partial charge on any atom is -0.481 e. The van der Waals surface area contributed by atoms with Crippen LogP contribution in [0.2, 0.25) is 5.02 Å². The van der Waals surface area contributed by atoms with Crippen LogP contribution in [0.1, 0.15) is 16.8 Å². The van der Waals surface area contributed by atoms with Gasteiger partial charge in [-0.05, 0) is 30.7 Å². The highest BCUT2D eigenvalue weighted by molar-refractivity contribution is 7.90. The lowest BCUT2D eigenvalue weighted by Crippen LogP contribution is -2.00. The summed E-state index contributed by atoms with van der Waals surface area (Å²) < 4.78 is 28.3. The molecule has 0 radical (unpaired) electrons. The quantitative estimate of drug-likeness (QED) is 0.867. The topological polar surface area (TPSA) is 56.3 Å². The van der Waals surface area contributed by atoms with Crippen molar-refractivity contribution < 1.29 is 13.2 Å². The van der Waals surface area contributed by atoms with E-state index in [1.54, 1.807) is 19.2 Å². The molecule has 4 nitrogen and oxygen atoms in total. The van der Waals surface area contributed by atoms with Gasteiger partial charge in [-0.3, -0.25) is 0 Å². The molecule has 0 atom stereocenters. The van der Waals surface area contributed by atoms with E-state index in [-0.39, 0.29) is 9.92 Å². The zero-order valence-electron chi connectivity index (χ0n) is 12.1. The van der Waals surface area contributed by atoms with Gasteiger partial charge < -0.3 is 4.74 Å². The Morgan fingerprint density at radius 1 is 1.24 bits per heavy atom. The number of methoxy groups -OCH3 is 1. The van der Waals surface area contributed by atoms with Crippen LogP contribution in [0.15, 0.2) is 35.2 Å². The number of aryl methyl sites for hydroxylation is 1. The molecule has 2 rings (SSSR count). The summed E-state index contributed by atoms with van der Waals surface area (Å²) in [5.41, 5.74) is 2.69. The Balaban J connectivity index is 2.31. The second kappa shape index (κ2) is 6.03. The number of sulfone groups is 1. The molecular weight excluding hydrogens is 310 g/mol. The van der Waals surface area contributed by atoms with Gasteiger partial charge in [-0.15, -0.1) is 0 Å². The van der Waals surface area contributed by atoms with Crippen molar-refractivity contribution in [2.24, 2.45) is 0 Å². The smallest absolute Gasteiger partial charge is 0.216 e. The first kappa shape index (κ1) is 15.8. The summed E-state index contributed by atoms with van der Waals surface area (Å²) in [6, 6.07) is 8.78. The number of hydrogen-bond donors (Lipinski definition) is 0. The largest absolute Gasteiger partial charge is 0.481 e. The molecule has 0 saturated heterocycles. The van der Waals surface area contributed by atoms with Crippen molar-refractivity contribution >= 4 is 21.4 Å². The lowest BCUT2D eigenvalue weighted by molar-refractivity contribution is 0.393. The van der Waals surface area contributed by atoms with Crippen LogP contribution in [0.5, 0.6) is 5.88 Å². The maximum Gasteiger partial charge on any atom is 0.216 e. The Bertz CT molecular complexity index is 772. The molecular formula is C15H16ClNO3S. The minimum atomic E-state index is -3.31. The molecule has 0 aliphatic carbocycles. The van der Waals surface area contributed by atoms with Crippen LogP contribution in [0.3, 0.4) is 0 Å². The van der Waals surface area contributed by atoms with Gasteiger partial charge in [0.1, 0.15) is 0 Å². The highest BCUT2D eigenvalue weighted by Crippen LogP contribution is 2.24. The van der Waals surface area contributed by atoms with Crippen LogP contribution in [-0.2, 0) is 16.3 Å². The average Bonchev–Trinajstić information content (AvgIpc) is 2.39. The fourth-order valence-electron chi connectivity index (χ4n) is 2.02. The van der Waals surface area contributed by atoms with Gasteiger partial charge in [-0.25, -0.2) is 13.4 Å². The van der Waals surface area contributed by atoms with E-state index in [9.17, 15) is 8.42 Å². The fourth-order valence-corrected chi connectivity index (χ4v) is 3.37. The molecule has 1 aromatic carbocycles. The van der Waals surface area contributed by atoms with Crippen LogP contribution >= 0.6 is 11.6 Å². The van der Waals surface area contributed by atoms with E-state index in [1.807, 2.05) is 19.1 Å². The molecule has 21 heavy (non-hydrogen) atoms. The molecule has 0 N–H and O–H groups in total. The number of hydrogen-bond acceptors (Lipinski definition) is 4. The number of halogens is 1. The molecule has 0 unspecified atom stereocenters. The van der Waals surface area contributed by atoms with E-state index in [2.05, 4.69) is 4.98 Å². The number of nitrogens with zero attached hydrogens (tertiary/aromatic N) is 1. The Morgan fingerprint density at radius 3 is 2.52 bits per heavy atom. The van der Waals surface area contributed by atoms with E-state index >= 15 is 0 Å². The summed E-state index contributed by atoms with van der Waals surface area (Å²) in [7, 11) is -1.73. The highest BCUT2D eigenvalue weighted by atomic mass is 35.5. The molecule has 0 saturated carbocycles. The third kappa shape index (κ3) is 3.74. The van der Waals surface area contributed by atoms with Gasteiger partial charge in [0, 0.05) is 23.9 Å². The molecule has 112 valence electrons. The van der Waals surface area contributed by atoms with Crippen LogP contribution in [-0.4, -0.2) is 26.8 Å². The van der Waals surface area contributed by atoms with Crippen LogP contribution < -0.4 is 4.74 Å². The number of aromatic nitrogens is 1. The van der Waals surface area contributed by atoms with Crippen molar-refractivity contribution in [2.75, 3.05) is 13.4 Å². The third-order valence-electron chi connectivity index (χ3n) is 3.08. The van der Waals surface area contributed by atoms with E-state index in [4.69, 9.17) is 16.3 Å². The average molecular weight is 326 g/mol. The first-order chi connectivity index (χ1) is 9.81. The van der Waals surface area contributed by atoms with Crippen molar-refractivity contribution in [3.63, 3.8) is 0 Å². The Labute approximate surface area is 129 Å². The standard InChI is InChI=1S/C15H16ClNO3S/c1-10-4-6-12(17-15(10)20-2)8-11-5-7-14(13(16)9-11)21(3,18)19/h4-7,9H,8H2,1-3H3. The van der Waals surface area contributed by atoms with Crippen LogP contribution in [0.4, 0.5) is 0 Å². The number of rotatable bonds is 4. The Morgan fingerprint density at radius 2 is 1.95 bits per heavy atom. The van der Waals surface area contributed by atoms with Crippen molar-refractivity contribution in [3.05, 3.63) is 52.2 Å². The maximum absolute atomic E-state index is 11.5. The molecule has 0 spiro atoms. The second-order valence-electron chi connectivity index (χ2n) is 4.84. The summed E-state index contributed by atoms with van der Waals surface area (Å²) in [5.74, 6) is 0.589. The molecule has 1 aromatic heterocycles. The SMILES string of the molecule is COc1nc(Cc2ccc(S(C)(=O)=O)c(Cl)c2)ccc1C. The fraction of sp³-hybridized carbons (Fsp3) is 0.267. The first-order valence-electron chi connectivity index (χ1n) is 6.30. The summed E-state index contributed by atoms with van der Waals surface area (Å²) >= 11 is 6.04. The molecule has 0 fully saturated rings. The summed E-state index contributed by atoms with van der Waals surface area (Å²) in [6.07, 6.45) is 1.70. The molecule has 6 heteroatoms. The maximum atomic E-state index is 11.5. The van der Waals surface area contributed by atoms with Crippen LogP contribution in [0, 0.1) is 6.92 Å². The summed E-state index contributed by atoms with van der Waals surface area (Å²) in [6.45, 7) is 1.92.